The molecule has 0 radical (unpaired) electrons. The summed E-state index contributed by atoms with van der Waals surface area (Å²) in [5, 5.41) is 4.09. The number of hydrogen-bond acceptors (Lipinski definition) is 4. The molecule has 0 saturated carbocycles. The Balaban J connectivity index is 2.42. The molecule has 1 aromatic rings. The number of rotatable bonds is 8. The van der Waals surface area contributed by atoms with Crippen LogP contribution in [0.15, 0.2) is 12.3 Å². The van der Waals surface area contributed by atoms with E-state index in [1.807, 2.05) is 6.92 Å². The van der Waals surface area contributed by atoms with E-state index in [0.717, 1.165) is 13.0 Å². The van der Waals surface area contributed by atoms with Crippen molar-refractivity contribution >= 4 is 5.78 Å². The van der Waals surface area contributed by atoms with E-state index in [2.05, 4.69) is 5.10 Å². The van der Waals surface area contributed by atoms with Gasteiger partial charge in [0.25, 0.3) is 0 Å². The number of hydrogen-bond donors (Lipinski definition) is 0. The first-order valence-electron chi connectivity index (χ1n) is 5.41. The Morgan fingerprint density at radius 3 is 3.00 bits per heavy atom. The molecule has 0 saturated heterocycles. The Morgan fingerprint density at radius 2 is 2.31 bits per heavy atom. The summed E-state index contributed by atoms with van der Waals surface area (Å²) < 4.78 is 11.7. The predicted octanol–water partition coefficient (Wildman–Crippen LogP) is 1.14. The lowest BCUT2D eigenvalue weighted by atomic mass is 10.3. The van der Waals surface area contributed by atoms with Crippen LogP contribution >= 0.6 is 0 Å². The lowest BCUT2D eigenvalue weighted by molar-refractivity contribution is 0.0569. The number of aryl methyl sites for hydroxylation is 1. The average Bonchev–Trinajstić information content (AvgIpc) is 2.73. The van der Waals surface area contributed by atoms with E-state index in [0.29, 0.717) is 18.9 Å². The highest BCUT2D eigenvalue weighted by Gasteiger charge is 2.11. The lowest BCUT2D eigenvalue weighted by Crippen LogP contribution is -2.16. The number of ketones is 1. The van der Waals surface area contributed by atoms with Gasteiger partial charge in [-0.05, 0) is 12.5 Å². The van der Waals surface area contributed by atoms with E-state index in [9.17, 15) is 4.79 Å². The van der Waals surface area contributed by atoms with Crippen LogP contribution in [0.25, 0.3) is 0 Å². The molecule has 16 heavy (non-hydrogen) atoms. The monoisotopic (exact) mass is 226 g/mol. The third kappa shape index (κ3) is 3.75. The van der Waals surface area contributed by atoms with Gasteiger partial charge >= 0.3 is 0 Å². The molecule has 0 bridgehead atoms. The number of Topliss-reactive ketones (excluding diaryl/α,β-unsaturated/α-hetero) is 1. The van der Waals surface area contributed by atoms with Gasteiger partial charge in [0.2, 0.25) is 5.78 Å². The van der Waals surface area contributed by atoms with Crippen LogP contribution in [0.3, 0.4) is 0 Å². The minimum Gasteiger partial charge on any atom is -0.382 e. The largest absolute Gasteiger partial charge is 0.382 e. The van der Waals surface area contributed by atoms with Gasteiger partial charge in [-0.15, -0.1) is 0 Å². The normalized spacial score (nSPS) is 10.6. The van der Waals surface area contributed by atoms with E-state index in [1.165, 1.54) is 0 Å². The maximum absolute atomic E-state index is 11.7. The van der Waals surface area contributed by atoms with Gasteiger partial charge in [0.05, 0.1) is 13.2 Å². The first-order valence-corrected chi connectivity index (χ1v) is 5.41. The van der Waals surface area contributed by atoms with E-state index >= 15 is 0 Å². The third-order valence-corrected chi connectivity index (χ3v) is 2.10. The van der Waals surface area contributed by atoms with Gasteiger partial charge in [-0.3, -0.25) is 9.48 Å². The van der Waals surface area contributed by atoms with Gasteiger partial charge in [-0.2, -0.15) is 5.10 Å². The van der Waals surface area contributed by atoms with Crippen LogP contribution in [0.1, 0.15) is 23.8 Å². The van der Waals surface area contributed by atoms with Gasteiger partial charge in [0.1, 0.15) is 12.3 Å². The highest BCUT2D eigenvalue weighted by Crippen LogP contribution is 2.02. The highest BCUT2D eigenvalue weighted by molar-refractivity contribution is 5.95. The van der Waals surface area contributed by atoms with E-state index in [1.54, 1.807) is 24.1 Å². The van der Waals surface area contributed by atoms with Crippen molar-refractivity contribution < 1.29 is 14.3 Å². The molecule has 90 valence electrons. The molecule has 0 aliphatic carbocycles. The van der Waals surface area contributed by atoms with Crippen LogP contribution in [0.2, 0.25) is 0 Å². The van der Waals surface area contributed by atoms with E-state index in [4.69, 9.17) is 9.47 Å². The Bertz CT molecular complexity index is 323. The van der Waals surface area contributed by atoms with Gasteiger partial charge in [0.15, 0.2) is 0 Å². The molecule has 0 aliphatic rings. The second-order valence-electron chi connectivity index (χ2n) is 3.41. The minimum atomic E-state index is -0.0398. The Labute approximate surface area is 95.3 Å². The molecular weight excluding hydrogens is 208 g/mol. The summed E-state index contributed by atoms with van der Waals surface area (Å²) in [6.45, 7) is 3.82. The van der Waals surface area contributed by atoms with Gasteiger partial charge in [-0.1, -0.05) is 6.92 Å². The van der Waals surface area contributed by atoms with Crippen molar-refractivity contribution in [1.29, 1.82) is 0 Å². The lowest BCUT2D eigenvalue weighted by Gasteiger charge is -2.05. The summed E-state index contributed by atoms with van der Waals surface area (Å²) in [4.78, 5) is 11.7. The zero-order valence-corrected chi connectivity index (χ0v) is 9.81. The Hall–Kier alpha value is -1.20. The number of carbonyl (C=O) groups excluding carboxylic acids is 1. The highest BCUT2D eigenvalue weighted by atomic mass is 16.5. The van der Waals surface area contributed by atoms with Crippen molar-refractivity contribution in [1.82, 2.24) is 9.78 Å². The van der Waals surface area contributed by atoms with Crippen molar-refractivity contribution in [2.45, 2.75) is 19.9 Å². The fourth-order valence-corrected chi connectivity index (χ4v) is 1.34. The summed E-state index contributed by atoms with van der Waals surface area (Å²) in [6, 6.07) is 1.72. The third-order valence-electron chi connectivity index (χ3n) is 2.10. The quantitative estimate of drug-likeness (QED) is 0.492. The number of nitrogens with zero attached hydrogens (tertiary/aromatic N) is 2. The molecular formula is C11H18N2O3. The molecule has 0 spiro atoms. The first kappa shape index (κ1) is 12.9. The van der Waals surface area contributed by atoms with Crippen LogP contribution in [0.5, 0.6) is 0 Å². The van der Waals surface area contributed by atoms with Gasteiger partial charge in [0, 0.05) is 19.9 Å². The van der Waals surface area contributed by atoms with Crippen LogP contribution in [-0.2, 0) is 16.0 Å². The fraction of sp³-hybridized carbons (Fsp3) is 0.636. The molecule has 1 aromatic heterocycles. The zero-order valence-electron chi connectivity index (χ0n) is 9.81. The minimum absolute atomic E-state index is 0.0398. The van der Waals surface area contributed by atoms with Gasteiger partial charge < -0.3 is 9.47 Å². The van der Waals surface area contributed by atoms with E-state index < -0.39 is 0 Å². The van der Waals surface area contributed by atoms with E-state index in [-0.39, 0.29) is 12.4 Å². The summed E-state index contributed by atoms with van der Waals surface area (Å²) in [6.07, 6.45) is 2.59. The molecule has 0 N–H and O–H groups in total. The molecule has 0 atom stereocenters. The second-order valence-corrected chi connectivity index (χ2v) is 3.41. The van der Waals surface area contributed by atoms with Crippen molar-refractivity contribution in [2.24, 2.45) is 0 Å². The maximum atomic E-state index is 11.7. The first-order chi connectivity index (χ1) is 7.79. The molecule has 1 heterocycles. The Kier molecular flexibility index (Phi) is 5.74. The summed E-state index contributed by atoms with van der Waals surface area (Å²) >= 11 is 0. The molecule has 0 amide bonds. The zero-order chi connectivity index (χ0) is 11.8. The average molecular weight is 226 g/mol. The van der Waals surface area contributed by atoms with Crippen molar-refractivity contribution in [2.75, 3.05) is 26.9 Å². The van der Waals surface area contributed by atoms with Gasteiger partial charge in [-0.25, -0.2) is 0 Å². The van der Waals surface area contributed by atoms with Crippen LogP contribution in [0, 0.1) is 0 Å². The number of aromatic nitrogens is 2. The molecule has 5 nitrogen and oxygen atoms in total. The topological polar surface area (TPSA) is 53.4 Å². The fourth-order valence-electron chi connectivity index (χ4n) is 1.34. The number of methoxy groups -OCH3 is 1. The van der Waals surface area contributed by atoms with Crippen molar-refractivity contribution in [3.8, 4) is 0 Å². The van der Waals surface area contributed by atoms with Crippen LogP contribution < -0.4 is 0 Å². The molecule has 1 rings (SSSR count). The molecule has 0 fully saturated rings. The molecule has 0 aliphatic heterocycles. The summed E-state index contributed by atoms with van der Waals surface area (Å²) in [5.74, 6) is -0.0398. The molecule has 5 heteroatoms. The number of ether oxygens (including phenoxy) is 2. The van der Waals surface area contributed by atoms with Crippen LogP contribution in [-0.4, -0.2) is 42.5 Å². The predicted molar refractivity (Wildman–Crippen MR) is 59.5 cm³/mol. The molecule has 0 aromatic carbocycles. The summed E-state index contributed by atoms with van der Waals surface area (Å²) in [5.41, 5.74) is 0.610. The maximum Gasteiger partial charge on any atom is 0.206 e. The SMILES string of the molecule is CCCn1nccc1C(=O)COCCOC. The molecule has 0 unspecified atom stereocenters. The van der Waals surface area contributed by atoms with Crippen LogP contribution in [0.4, 0.5) is 0 Å². The second kappa shape index (κ2) is 7.14. The van der Waals surface area contributed by atoms with Crippen molar-refractivity contribution in [3.05, 3.63) is 18.0 Å². The summed E-state index contributed by atoms with van der Waals surface area (Å²) in [7, 11) is 1.60. The standard InChI is InChI=1S/C11H18N2O3/c1-3-6-13-10(4-5-12-13)11(14)9-16-8-7-15-2/h4-5H,3,6-9H2,1-2H3. The van der Waals surface area contributed by atoms with Crippen molar-refractivity contribution in [3.63, 3.8) is 0 Å². The smallest absolute Gasteiger partial charge is 0.206 e. The Morgan fingerprint density at radius 1 is 1.50 bits per heavy atom. The number of carbonyl (C=O) groups is 1.